The standard InChI is InChI=1S/C27H29FN8O3S/c28-21-15-29-13-12-22(21)33-27(37)24-16-30-26-23(31-17-6-7-17)14-25(34-36(24)26)32-18-8-10-19(11-9-18)35-40(38,39)20-4-2-1-3-5-20/h1-5,12-19,31,35H,6-11H2,(H,32,34)(H,29,33,37). The number of fused-ring (bicyclic) bond motifs is 1. The molecular weight excluding hydrogens is 535 g/mol. The van der Waals surface area contributed by atoms with Gasteiger partial charge in [0.15, 0.2) is 17.2 Å². The van der Waals surface area contributed by atoms with E-state index in [1.165, 1.54) is 23.0 Å². The SMILES string of the molecule is O=C(Nc1ccncc1F)c1cnc2c(NC3CC3)cc(NC3CCC(NS(=O)(=O)c4ccccc4)CC3)nn12. The molecule has 208 valence electrons. The van der Waals surface area contributed by atoms with Crippen LogP contribution in [0.3, 0.4) is 0 Å². The third-order valence-corrected chi connectivity index (χ3v) is 8.65. The highest BCUT2D eigenvalue weighted by Crippen LogP contribution is 2.30. The summed E-state index contributed by atoms with van der Waals surface area (Å²) in [5.74, 6) is -0.630. The molecule has 6 rings (SSSR count). The van der Waals surface area contributed by atoms with Gasteiger partial charge < -0.3 is 16.0 Å². The summed E-state index contributed by atoms with van der Waals surface area (Å²) in [6, 6.07) is 11.9. The summed E-state index contributed by atoms with van der Waals surface area (Å²) in [4.78, 5) is 21.4. The van der Waals surface area contributed by atoms with E-state index in [2.05, 4.69) is 35.7 Å². The van der Waals surface area contributed by atoms with Gasteiger partial charge in [-0.25, -0.2) is 27.0 Å². The number of benzene rings is 1. The van der Waals surface area contributed by atoms with E-state index in [0.29, 0.717) is 30.3 Å². The van der Waals surface area contributed by atoms with Crippen molar-refractivity contribution in [3.8, 4) is 0 Å². The van der Waals surface area contributed by atoms with Gasteiger partial charge >= 0.3 is 0 Å². The molecule has 40 heavy (non-hydrogen) atoms. The molecule has 4 aromatic rings. The molecule has 13 heteroatoms. The molecule has 1 amide bonds. The van der Waals surface area contributed by atoms with Gasteiger partial charge in [0.25, 0.3) is 5.91 Å². The van der Waals surface area contributed by atoms with Gasteiger partial charge in [0.1, 0.15) is 5.82 Å². The molecule has 0 spiro atoms. The summed E-state index contributed by atoms with van der Waals surface area (Å²) < 4.78 is 43.8. The molecule has 11 nitrogen and oxygen atoms in total. The average Bonchev–Trinajstić information content (AvgIpc) is 3.66. The highest BCUT2D eigenvalue weighted by atomic mass is 32.2. The third kappa shape index (κ3) is 5.75. The van der Waals surface area contributed by atoms with E-state index in [1.54, 1.807) is 30.3 Å². The van der Waals surface area contributed by atoms with Gasteiger partial charge in [0, 0.05) is 30.4 Å². The molecule has 3 aromatic heterocycles. The molecule has 0 unspecified atom stereocenters. The van der Waals surface area contributed by atoms with E-state index in [9.17, 15) is 17.6 Å². The lowest BCUT2D eigenvalue weighted by Gasteiger charge is -2.30. The van der Waals surface area contributed by atoms with Crippen molar-refractivity contribution in [2.45, 2.75) is 61.5 Å². The molecule has 0 bridgehead atoms. The molecule has 2 aliphatic carbocycles. The summed E-state index contributed by atoms with van der Waals surface area (Å²) in [7, 11) is -3.57. The molecule has 0 atom stereocenters. The molecule has 2 saturated carbocycles. The van der Waals surface area contributed by atoms with Crippen LogP contribution < -0.4 is 20.7 Å². The van der Waals surface area contributed by atoms with Gasteiger partial charge in [-0.15, -0.1) is 5.10 Å². The third-order valence-electron chi connectivity index (χ3n) is 7.11. The van der Waals surface area contributed by atoms with Gasteiger partial charge in [-0.2, -0.15) is 0 Å². The maximum atomic E-state index is 14.1. The number of sulfonamides is 1. The molecule has 1 aromatic carbocycles. The normalized spacial score (nSPS) is 19.3. The van der Waals surface area contributed by atoms with Crippen molar-refractivity contribution < 1.29 is 17.6 Å². The van der Waals surface area contributed by atoms with Crippen LogP contribution in [0, 0.1) is 5.82 Å². The Morgan fingerprint density at radius 2 is 1.60 bits per heavy atom. The summed E-state index contributed by atoms with van der Waals surface area (Å²) in [6.45, 7) is 0. The fourth-order valence-corrected chi connectivity index (χ4v) is 6.19. The Bertz CT molecular complexity index is 1630. The summed E-state index contributed by atoms with van der Waals surface area (Å²) in [5.41, 5.74) is 1.42. The van der Waals surface area contributed by atoms with Crippen LogP contribution >= 0.6 is 0 Å². The van der Waals surface area contributed by atoms with Crippen LogP contribution in [0.4, 0.5) is 21.6 Å². The topological polar surface area (TPSA) is 142 Å². The Hall–Kier alpha value is -4.10. The Morgan fingerprint density at radius 3 is 2.33 bits per heavy atom. The predicted octanol–water partition coefficient (Wildman–Crippen LogP) is 3.79. The quantitative estimate of drug-likeness (QED) is 0.241. The number of carbonyl (C=O) groups excluding carboxylic acids is 1. The zero-order chi connectivity index (χ0) is 27.7. The van der Waals surface area contributed by atoms with E-state index in [0.717, 1.165) is 37.6 Å². The lowest BCUT2D eigenvalue weighted by molar-refractivity contribution is 0.102. The number of imidazole rings is 1. The highest BCUT2D eigenvalue weighted by molar-refractivity contribution is 7.89. The lowest BCUT2D eigenvalue weighted by Crippen LogP contribution is -2.40. The lowest BCUT2D eigenvalue weighted by atomic mass is 9.92. The number of nitrogens with one attached hydrogen (secondary N) is 4. The first-order chi connectivity index (χ1) is 19.4. The second-order valence-corrected chi connectivity index (χ2v) is 11.9. The largest absolute Gasteiger partial charge is 0.379 e. The van der Waals surface area contributed by atoms with Crippen molar-refractivity contribution in [3.63, 3.8) is 0 Å². The van der Waals surface area contributed by atoms with Crippen LogP contribution in [0.25, 0.3) is 5.65 Å². The predicted molar refractivity (Wildman–Crippen MR) is 148 cm³/mol. The van der Waals surface area contributed by atoms with Gasteiger partial charge in [0.2, 0.25) is 10.0 Å². The van der Waals surface area contributed by atoms with Crippen LogP contribution in [0.1, 0.15) is 49.0 Å². The first-order valence-corrected chi connectivity index (χ1v) is 14.7. The molecule has 3 heterocycles. The molecule has 0 radical (unpaired) electrons. The van der Waals surface area contributed by atoms with E-state index in [4.69, 9.17) is 0 Å². The number of carbonyl (C=O) groups is 1. The smallest absolute Gasteiger partial charge is 0.276 e. The van der Waals surface area contributed by atoms with E-state index in [-0.39, 0.29) is 28.4 Å². The number of rotatable bonds is 9. The zero-order valence-electron chi connectivity index (χ0n) is 21.5. The Labute approximate surface area is 230 Å². The average molecular weight is 565 g/mol. The summed E-state index contributed by atoms with van der Waals surface area (Å²) >= 11 is 0. The van der Waals surface area contributed by atoms with Crippen LogP contribution in [0.15, 0.2) is 66.0 Å². The number of halogens is 1. The molecular formula is C27H29FN8O3S. The minimum Gasteiger partial charge on any atom is -0.379 e. The first-order valence-electron chi connectivity index (χ1n) is 13.3. The fraction of sp³-hybridized carbons (Fsp3) is 0.333. The zero-order valence-corrected chi connectivity index (χ0v) is 22.4. The maximum Gasteiger partial charge on any atom is 0.276 e. The number of amides is 1. The van der Waals surface area contributed by atoms with E-state index >= 15 is 0 Å². The first kappa shape index (κ1) is 26.1. The number of aromatic nitrogens is 4. The minimum absolute atomic E-state index is 0.0141. The van der Waals surface area contributed by atoms with Crippen LogP contribution in [-0.2, 0) is 10.0 Å². The number of nitrogens with zero attached hydrogens (tertiary/aromatic N) is 4. The van der Waals surface area contributed by atoms with Gasteiger partial charge in [0.05, 0.1) is 28.7 Å². The Balaban J connectivity index is 1.17. The second-order valence-electron chi connectivity index (χ2n) is 10.2. The molecule has 0 saturated heterocycles. The molecule has 2 fully saturated rings. The maximum absolute atomic E-state index is 14.1. The van der Waals surface area contributed by atoms with Crippen molar-refractivity contribution in [1.82, 2.24) is 24.3 Å². The Morgan fingerprint density at radius 1 is 0.900 bits per heavy atom. The van der Waals surface area contributed by atoms with Gasteiger partial charge in [-0.1, -0.05) is 18.2 Å². The fourth-order valence-electron chi connectivity index (χ4n) is 4.86. The minimum atomic E-state index is -3.57. The molecule has 4 N–H and O–H groups in total. The van der Waals surface area contributed by atoms with Crippen LogP contribution in [0.5, 0.6) is 0 Å². The van der Waals surface area contributed by atoms with Crippen molar-refractivity contribution in [2.24, 2.45) is 0 Å². The second kappa shape index (κ2) is 10.8. The number of hydrogen-bond donors (Lipinski definition) is 4. The number of anilines is 3. The highest BCUT2D eigenvalue weighted by Gasteiger charge is 2.28. The number of hydrogen-bond acceptors (Lipinski definition) is 8. The van der Waals surface area contributed by atoms with Crippen LogP contribution in [-0.4, -0.2) is 52.0 Å². The summed E-state index contributed by atoms with van der Waals surface area (Å²) in [5, 5.41) is 14.1. The van der Waals surface area contributed by atoms with Crippen molar-refractivity contribution in [2.75, 3.05) is 16.0 Å². The monoisotopic (exact) mass is 564 g/mol. The number of pyridine rings is 1. The van der Waals surface area contributed by atoms with Crippen LogP contribution in [0.2, 0.25) is 0 Å². The van der Waals surface area contributed by atoms with Crippen molar-refractivity contribution in [1.29, 1.82) is 0 Å². The van der Waals surface area contributed by atoms with Gasteiger partial charge in [-0.05, 0) is 56.7 Å². The van der Waals surface area contributed by atoms with Crippen molar-refractivity contribution >= 4 is 38.8 Å². The van der Waals surface area contributed by atoms with Gasteiger partial charge in [-0.3, -0.25) is 9.78 Å². The summed E-state index contributed by atoms with van der Waals surface area (Å²) in [6.07, 6.45) is 8.78. The van der Waals surface area contributed by atoms with E-state index in [1.807, 2.05) is 6.07 Å². The van der Waals surface area contributed by atoms with Crippen molar-refractivity contribution in [3.05, 3.63) is 72.6 Å². The van der Waals surface area contributed by atoms with E-state index < -0.39 is 21.7 Å². The molecule has 0 aliphatic heterocycles. The molecule has 2 aliphatic rings. The Kier molecular flexibility index (Phi) is 7.07.